The van der Waals surface area contributed by atoms with E-state index in [0.717, 1.165) is 19.5 Å². The molecule has 0 aromatic heterocycles. The summed E-state index contributed by atoms with van der Waals surface area (Å²) in [4.78, 5) is 25.2. The van der Waals surface area contributed by atoms with E-state index in [9.17, 15) is 9.59 Å². The number of hydrogen-bond donors (Lipinski definition) is 2. The predicted octanol–water partition coefficient (Wildman–Crippen LogP) is 0.316. The minimum Gasteiger partial charge on any atom is -0.323 e. The van der Waals surface area contributed by atoms with Crippen LogP contribution in [-0.2, 0) is 4.79 Å². The maximum Gasteiger partial charge on any atom is 0.325 e. The number of nitrogens with zero attached hydrogens (tertiary/aromatic N) is 1. The van der Waals surface area contributed by atoms with Gasteiger partial charge in [-0.05, 0) is 38.8 Å². The fraction of sp³-hybridized carbons (Fsp3) is 0.818. The molecule has 2 aliphatic heterocycles. The van der Waals surface area contributed by atoms with Crippen molar-refractivity contribution in [2.24, 2.45) is 5.92 Å². The largest absolute Gasteiger partial charge is 0.325 e. The molecule has 2 saturated heterocycles. The lowest BCUT2D eigenvalue weighted by Crippen LogP contribution is -2.43. The summed E-state index contributed by atoms with van der Waals surface area (Å²) >= 11 is 0. The molecule has 0 aliphatic carbocycles. The molecule has 5 nitrogen and oxygen atoms in total. The Balaban J connectivity index is 2.04. The number of urea groups is 1. The highest BCUT2D eigenvalue weighted by atomic mass is 16.2. The van der Waals surface area contributed by atoms with Crippen LogP contribution in [0.5, 0.6) is 0 Å². The van der Waals surface area contributed by atoms with Crippen LogP contribution in [0.15, 0.2) is 0 Å². The zero-order chi connectivity index (χ0) is 11.8. The van der Waals surface area contributed by atoms with Crippen LogP contribution in [0.4, 0.5) is 4.79 Å². The molecule has 2 heterocycles. The normalized spacial score (nSPS) is 34.6. The molecular weight excluding hydrogens is 206 g/mol. The van der Waals surface area contributed by atoms with Gasteiger partial charge in [0.2, 0.25) is 0 Å². The van der Waals surface area contributed by atoms with Crippen LogP contribution in [0, 0.1) is 5.92 Å². The summed E-state index contributed by atoms with van der Waals surface area (Å²) in [6, 6.07) is -0.235. The van der Waals surface area contributed by atoms with E-state index in [-0.39, 0.29) is 11.9 Å². The smallest absolute Gasteiger partial charge is 0.323 e. The Kier molecular flexibility index (Phi) is 2.88. The number of carbonyl (C=O) groups is 2. The average Bonchev–Trinajstić information content (AvgIpc) is 2.83. The highest BCUT2D eigenvalue weighted by molar-refractivity contribution is 6.06. The Morgan fingerprint density at radius 3 is 2.75 bits per heavy atom. The number of carbonyl (C=O) groups excluding carboxylic acids is 2. The number of amides is 3. The van der Waals surface area contributed by atoms with Gasteiger partial charge in [-0.15, -0.1) is 0 Å². The van der Waals surface area contributed by atoms with Gasteiger partial charge in [-0.1, -0.05) is 6.92 Å². The van der Waals surface area contributed by atoms with Gasteiger partial charge in [-0.25, -0.2) is 4.79 Å². The SMILES string of the molecule is CCC1(C)NC(=O)N(CC2CCNC2)C1=O. The lowest BCUT2D eigenvalue weighted by atomic mass is 9.99. The van der Waals surface area contributed by atoms with Crippen LogP contribution >= 0.6 is 0 Å². The summed E-state index contributed by atoms with van der Waals surface area (Å²) in [5, 5.41) is 6.01. The number of imide groups is 1. The Bertz CT molecular complexity index is 312. The maximum atomic E-state index is 12.1. The highest BCUT2D eigenvalue weighted by Gasteiger charge is 2.46. The number of nitrogens with one attached hydrogen (secondary N) is 2. The van der Waals surface area contributed by atoms with E-state index in [1.165, 1.54) is 4.90 Å². The van der Waals surface area contributed by atoms with Gasteiger partial charge in [0.15, 0.2) is 0 Å². The van der Waals surface area contributed by atoms with Gasteiger partial charge in [0, 0.05) is 6.54 Å². The maximum absolute atomic E-state index is 12.1. The Morgan fingerprint density at radius 2 is 2.25 bits per heavy atom. The molecule has 2 unspecified atom stereocenters. The summed E-state index contributed by atoms with van der Waals surface area (Å²) in [5.74, 6) is 0.334. The van der Waals surface area contributed by atoms with Crippen LogP contribution in [-0.4, -0.2) is 42.0 Å². The van der Waals surface area contributed by atoms with Gasteiger partial charge >= 0.3 is 6.03 Å². The lowest BCUT2D eigenvalue weighted by Gasteiger charge is -2.20. The fourth-order valence-corrected chi connectivity index (χ4v) is 2.28. The summed E-state index contributed by atoms with van der Waals surface area (Å²) in [7, 11) is 0. The second-order valence-electron chi connectivity index (χ2n) is 4.89. The molecule has 0 saturated carbocycles. The van der Waals surface area contributed by atoms with Crippen molar-refractivity contribution in [2.45, 2.75) is 32.2 Å². The molecule has 0 aromatic rings. The highest BCUT2D eigenvalue weighted by Crippen LogP contribution is 2.22. The minimum atomic E-state index is -0.691. The van der Waals surface area contributed by atoms with Crippen molar-refractivity contribution in [1.82, 2.24) is 15.5 Å². The zero-order valence-electron chi connectivity index (χ0n) is 9.88. The predicted molar refractivity (Wildman–Crippen MR) is 59.9 cm³/mol. The van der Waals surface area contributed by atoms with E-state index in [1.807, 2.05) is 6.92 Å². The van der Waals surface area contributed by atoms with Crippen molar-refractivity contribution in [2.75, 3.05) is 19.6 Å². The summed E-state index contributed by atoms with van der Waals surface area (Å²) in [6.07, 6.45) is 1.68. The van der Waals surface area contributed by atoms with Crippen LogP contribution < -0.4 is 10.6 Å². The topological polar surface area (TPSA) is 61.4 Å². The quantitative estimate of drug-likeness (QED) is 0.680. The van der Waals surface area contributed by atoms with E-state index in [1.54, 1.807) is 6.92 Å². The summed E-state index contributed by atoms with van der Waals surface area (Å²) in [6.45, 7) is 6.14. The van der Waals surface area contributed by atoms with Gasteiger partial charge in [-0.2, -0.15) is 0 Å². The molecule has 90 valence electrons. The van der Waals surface area contributed by atoms with Crippen molar-refractivity contribution < 1.29 is 9.59 Å². The first kappa shape index (κ1) is 11.4. The van der Waals surface area contributed by atoms with E-state index in [4.69, 9.17) is 0 Å². The molecule has 2 N–H and O–H groups in total. The first-order chi connectivity index (χ1) is 7.57. The molecule has 0 spiro atoms. The number of rotatable bonds is 3. The summed E-state index contributed by atoms with van der Waals surface area (Å²) in [5.41, 5.74) is -0.691. The van der Waals surface area contributed by atoms with E-state index >= 15 is 0 Å². The van der Waals surface area contributed by atoms with Crippen LogP contribution in [0.25, 0.3) is 0 Å². The Morgan fingerprint density at radius 1 is 1.50 bits per heavy atom. The lowest BCUT2D eigenvalue weighted by molar-refractivity contribution is -0.131. The minimum absolute atomic E-state index is 0.0769. The molecule has 0 bridgehead atoms. The van der Waals surface area contributed by atoms with E-state index in [2.05, 4.69) is 10.6 Å². The zero-order valence-corrected chi connectivity index (χ0v) is 9.88. The van der Waals surface area contributed by atoms with Crippen molar-refractivity contribution in [3.63, 3.8) is 0 Å². The second-order valence-corrected chi connectivity index (χ2v) is 4.89. The molecule has 2 fully saturated rings. The monoisotopic (exact) mass is 225 g/mol. The molecule has 0 radical (unpaired) electrons. The first-order valence-electron chi connectivity index (χ1n) is 5.91. The van der Waals surface area contributed by atoms with Gasteiger partial charge in [0.05, 0.1) is 0 Å². The van der Waals surface area contributed by atoms with Crippen LogP contribution in [0.2, 0.25) is 0 Å². The van der Waals surface area contributed by atoms with Gasteiger partial charge in [0.25, 0.3) is 5.91 Å². The van der Waals surface area contributed by atoms with Crippen molar-refractivity contribution in [3.8, 4) is 0 Å². The Labute approximate surface area is 95.6 Å². The molecule has 2 aliphatic rings. The Hall–Kier alpha value is -1.10. The third kappa shape index (κ3) is 1.80. The van der Waals surface area contributed by atoms with Crippen molar-refractivity contribution in [3.05, 3.63) is 0 Å². The average molecular weight is 225 g/mol. The van der Waals surface area contributed by atoms with Gasteiger partial charge in [0.1, 0.15) is 5.54 Å². The van der Waals surface area contributed by atoms with E-state index < -0.39 is 5.54 Å². The van der Waals surface area contributed by atoms with Crippen LogP contribution in [0.1, 0.15) is 26.7 Å². The molecule has 3 amide bonds. The number of hydrogen-bond acceptors (Lipinski definition) is 3. The third-order valence-corrected chi connectivity index (χ3v) is 3.66. The molecule has 16 heavy (non-hydrogen) atoms. The first-order valence-corrected chi connectivity index (χ1v) is 5.91. The molecule has 2 rings (SSSR count). The van der Waals surface area contributed by atoms with Crippen molar-refractivity contribution >= 4 is 11.9 Å². The van der Waals surface area contributed by atoms with Crippen molar-refractivity contribution in [1.29, 1.82) is 0 Å². The fourth-order valence-electron chi connectivity index (χ4n) is 2.28. The van der Waals surface area contributed by atoms with Crippen LogP contribution in [0.3, 0.4) is 0 Å². The molecular formula is C11H19N3O2. The standard InChI is InChI=1S/C11H19N3O2/c1-3-11(2)9(15)14(10(16)13-11)7-8-4-5-12-6-8/h8,12H,3-7H2,1-2H3,(H,13,16). The molecule has 5 heteroatoms. The van der Waals surface area contributed by atoms with Gasteiger partial charge in [-0.3, -0.25) is 9.69 Å². The van der Waals surface area contributed by atoms with Gasteiger partial charge < -0.3 is 10.6 Å². The molecule has 0 aromatic carbocycles. The van der Waals surface area contributed by atoms with E-state index in [0.29, 0.717) is 18.9 Å². The second kappa shape index (κ2) is 4.05. The summed E-state index contributed by atoms with van der Waals surface area (Å²) < 4.78 is 0. The third-order valence-electron chi connectivity index (χ3n) is 3.66. The molecule has 2 atom stereocenters.